The van der Waals surface area contributed by atoms with Gasteiger partial charge in [-0.3, -0.25) is 0 Å². The van der Waals surface area contributed by atoms with E-state index < -0.39 is 0 Å². The second-order valence-corrected chi connectivity index (χ2v) is 4.75. The zero-order valence-corrected chi connectivity index (χ0v) is 9.94. The molecule has 3 rings (SSSR count). The van der Waals surface area contributed by atoms with Crippen molar-refractivity contribution in [3.8, 4) is 11.1 Å². The van der Waals surface area contributed by atoms with E-state index in [0.29, 0.717) is 11.8 Å². The number of nitrogens with zero attached hydrogens (tertiary/aromatic N) is 1. The van der Waals surface area contributed by atoms with Crippen LogP contribution in [0.15, 0.2) is 28.8 Å². The van der Waals surface area contributed by atoms with Gasteiger partial charge >= 0.3 is 0 Å². The molecule has 1 aromatic carbocycles. The first-order chi connectivity index (χ1) is 8.27. The van der Waals surface area contributed by atoms with Crippen molar-refractivity contribution in [2.24, 2.45) is 0 Å². The minimum absolute atomic E-state index is 0.446. The molecule has 1 aliphatic rings. The van der Waals surface area contributed by atoms with Crippen LogP contribution < -0.4 is 5.73 Å². The number of benzene rings is 1. The van der Waals surface area contributed by atoms with Gasteiger partial charge in [-0.1, -0.05) is 35.8 Å². The van der Waals surface area contributed by atoms with Gasteiger partial charge in [0.15, 0.2) is 0 Å². The van der Waals surface area contributed by atoms with E-state index in [4.69, 9.17) is 10.3 Å². The number of anilines is 1. The first-order valence-electron chi connectivity index (χ1n) is 6.08. The second kappa shape index (κ2) is 3.91. The van der Waals surface area contributed by atoms with Crippen LogP contribution in [0.1, 0.15) is 36.4 Å². The first kappa shape index (κ1) is 10.4. The van der Waals surface area contributed by atoms with Crippen molar-refractivity contribution in [1.29, 1.82) is 0 Å². The average molecular weight is 228 g/mol. The Labute approximate surface area is 101 Å². The summed E-state index contributed by atoms with van der Waals surface area (Å²) in [6.45, 7) is 2.09. The molecule has 3 nitrogen and oxygen atoms in total. The minimum atomic E-state index is 0.446. The fraction of sp³-hybridized carbons (Fsp3) is 0.357. The molecular weight excluding hydrogens is 212 g/mol. The third-order valence-corrected chi connectivity index (χ3v) is 3.65. The molecule has 3 heteroatoms. The highest BCUT2D eigenvalue weighted by Gasteiger charge is 2.28. The molecule has 0 unspecified atom stereocenters. The van der Waals surface area contributed by atoms with Crippen molar-refractivity contribution in [3.05, 3.63) is 35.5 Å². The van der Waals surface area contributed by atoms with Crippen LogP contribution in [0.3, 0.4) is 0 Å². The molecule has 0 atom stereocenters. The summed E-state index contributed by atoms with van der Waals surface area (Å²) in [7, 11) is 0. The van der Waals surface area contributed by atoms with Crippen LogP contribution in [0.5, 0.6) is 0 Å². The molecule has 0 bridgehead atoms. The lowest BCUT2D eigenvalue weighted by molar-refractivity contribution is 0.369. The van der Waals surface area contributed by atoms with E-state index in [1.54, 1.807) is 0 Å². The fourth-order valence-corrected chi connectivity index (χ4v) is 2.40. The van der Waals surface area contributed by atoms with Gasteiger partial charge in [0.05, 0.1) is 11.3 Å². The van der Waals surface area contributed by atoms with Crippen molar-refractivity contribution in [2.45, 2.75) is 32.1 Å². The molecule has 2 N–H and O–H groups in total. The molecule has 1 aliphatic carbocycles. The van der Waals surface area contributed by atoms with Crippen molar-refractivity contribution < 1.29 is 4.52 Å². The zero-order valence-electron chi connectivity index (χ0n) is 9.94. The van der Waals surface area contributed by atoms with E-state index in [0.717, 1.165) is 16.8 Å². The van der Waals surface area contributed by atoms with Gasteiger partial charge in [0.2, 0.25) is 5.88 Å². The van der Waals surface area contributed by atoms with E-state index in [2.05, 4.69) is 24.2 Å². The van der Waals surface area contributed by atoms with Gasteiger partial charge in [-0.05, 0) is 30.9 Å². The van der Waals surface area contributed by atoms with Gasteiger partial charge in [-0.2, -0.15) is 0 Å². The fourth-order valence-electron chi connectivity index (χ4n) is 2.40. The third-order valence-electron chi connectivity index (χ3n) is 3.65. The Morgan fingerprint density at radius 2 is 2.06 bits per heavy atom. The minimum Gasteiger partial charge on any atom is -0.367 e. The highest BCUT2D eigenvalue weighted by molar-refractivity contribution is 5.77. The van der Waals surface area contributed by atoms with Crippen LogP contribution in [0.2, 0.25) is 0 Å². The Balaban J connectivity index is 2.13. The Hall–Kier alpha value is -1.77. The quantitative estimate of drug-likeness (QED) is 0.855. The summed E-state index contributed by atoms with van der Waals surface area (Å²) in [6, 6.07) is 8.23. The Morgan fingerprint density at radius 1 is 1.29 bits per heavy atom. The Bertz CT molecular complexity index is 541. The van der Waals surface area contributed by atoms with Crippen molar-refractivity contribution in [1.82, 2.24) is 5.16 Å². The predicted molar refractivity (Wildman–Crippen MR) is 67.7 cm³/mol. The largest absolute Gasteiger partial charge is 0.367 e. The lowest BCUT2D eigenvalue weighted by Gasteiger charge is -2.24. The molecule has 0 amide bonds. The van der Waals surface area contributed by atoms with Crippen molar-refractivity contribution in [2.75, 3.05) is 5.73 Å². The van der Waals surface area contributed by atoms with E-state index in [-0.39, 0.29) is 0 Å². The topological polar surface area (TPSA) is 52.0 Å². The molecule has 1 aromatic heterocycles. The van der Waals surface area contributed by atoms with Crippen LogP contribution in [0.25, 0.3) is 11.1 Å². The number of rotatable bonds is 2. The normalized spacial score (nSPS) is 15.8. The van der Waals surface area contributed by atoms with Crippen LogP contribution in [0, 0.1) is 6.92 Å². The summed E-state index contributed by atoms with van der Waals surface area (Å²) in [6.07, 6.45) is 3.68. The maximum atomic E-state index is 5.93. The number of hydrogen-bond donors (Lipinski definition) is 1. The van der Waals surface area contributed by atoms with Gasteiger partial charge in [0.25, 0.3) is 0 Å². The van der Waals surface area contributed by atoms with Crippen LogP contribution >= 0.6 is 0 Å². The summed E-state index contributed by atoms with van der Waals surface area (Å²) < 4.78 is 5.19. The van der Waals surface area contributed by atoms with Crippen molar-refractivity contribution in [3.63, 3.8) is 0 Å². The van der Waals surface area contributed by atoms with Gasteiger partial charge in [-0.15, -0.1) is 0 Å². The number of hydrogen-bond acceptors (Lipinski definition) is 3. The van der Waals surface area contributed by atoms with Crippen molar-refractivity contribution >= 4 is 5.88 Å². The smallest absolute Gasteiger partial charge is 0.230 e. The standard InChI is InChI=1S/C14H16N2O/c1-9-5-2-3-8-11(9)12-13(10-6-4-7-10)16-17-14(12)15/h2-3,5,8,10H,4,6-7,15H2,1H3. The molecule has 88 valence electrons. The molecular formula is C14H16N2O. The molecule has 1 fully saturated rings. The second-order valence-electron chi connectivity index (χ2n) is 4.75. The Kier molecular flexibility index (Phi) is 2.39. The van der Waals surface area contributed by atoms with Crippen LogP contribution in [-0.2, 0) is 0 Å². The Morgan fingerprint density at radius 3 is 2.71 bits per heavy atom. The third kappa shape index (κ3) is 1.62. The number of nitrogen functional groups attached to an aromatic ring is 1. The summed E-state index contributed by atoms with van der Waals surface area (Å²) in [5.41, 5.74) is 10.3. The molecule has 0 saturated heterocycles. The molecule has 2 aromatic rings. The van der Waals surface area contributed by atoms with Gasteiger partial charge in [0, 0.05) is 5.92 Å². The maximum Gasteiger partial charge on any atom is 0.230 e. The van der Waals surface area contributed by atoms with Gasteiger partial charge in [-0.25, -0.2) is 0 Å². The lowest BCUT2D eigenvalue weighted by Crippen LogP contribution is -2.10. The molecule has 0 spiro atoms. The van der Waals surface area contributed by atoms with Crippen LogP contribution in [0.4, 0.5) is 5.88 Å². The molecule has 1 heterocycles. The van der Waals surface area contributed by atoms with E-state index in [9.17, 15) is 0 Å². The maximum absolute atomic E-state index is 5.93. The molecule has 0 aliphatic heterocycles. The highest BCUT2D eigenvalue weighted by atomic mass is 16.5. The predicted octanol–water partition coefficient (Wildman–Crippen LogP) is 3.50. The summed E-state index contributed by atoms with van der Waals surface area (Å²) in [4.78, 5) is 0. The molecule has 17 heavy (non-hydrogen) atoms. The monoisotopic (exact) mass is 228 g/mol. The van der Waals surface area contributed by atoms with Crippen LogP contribution in [-0.4, -0.2) is 5.16 Å². The molecule has 1 saturated carbocycles. The number of nitrogens with two attached hydrogens (primary N) is 1. The van der Waals surface area contributed by atoms with E-state index >= 15 is 0 Å². The highest BCUT2D eigenvalue weighted by Crippen LogP contribution is 2.43. The summed E-state index contributed by atoms with van der Waals surface area (Å²) >= 11 is 0. The summed E-state index contributed by atoms with van der Waals surface area (Å²) in [5, 5.41) is 4.16. The van der Waals surface area contributed by atoms with E-state index in [1.807, 2.05) is 12.1 Å². The zero-order chi connectivity index (χ0) is 11.8. The molecule has 0 radical (unpaired) electrons. The average Bonchev–Trinajstić information content (AvgIpc) is 2.59. The number of aryl methyl sites for hydroxylation is 1. The van der Waals surface area contributed by atoms with Gasteiger partial charge < -0.3 is 10.3 Å². The van der Waals surface area contributed by atoms with Gasteiger partial charge in [0.1, 0.15) is 0 Å². The van der Waals surface area contributed by atoms with E-state index in [1.165, 1.54) is 24.8 Å². The summed E-state index contributed by atoms with van der Waals surface area (Å²) in [5.74, 6) is 0.979. The lowest BCUT2D eigenvalue weighted by atomic mass is 9.80. The number of aromatic nitrogens is 1. The SMILES string of the molecule is Cc1ccccc1-c1c(C2CCC2)noc1N. The first-order valence-corrected chi connectivity index (χ1v) is 6.08.